The maximum atomic E-state index is 12.6. The van der Waals surface area contributed by atoms with Crippen molar-refractivity contribution in [3.63, 3.8) is 0 Å². The minimum absolute atomic E-state index is 0.0197. The van der Waals surface area contributed by atoms with Crippen LogP contribution in [0.2, 0.25) is 0 Å². The number of nitrogens with zero attached hydrogens (tertiary/aromatic N) is 2. The van der Waals surface area contributed by atoms with Gasteiger partial charge in [-0.15, -0.1) is 0 Å². The number of carbonyl (C=O) groups excluding carboxylic acids is 1. The summed E-state index contributed by atoms with van der Waals surface area (Å²) in [7, 11) is 1.72. The van der Waals surface area contributed by atoms with E-state index in [4.69, 9.17) is 4.74 Å². The molecular weight excluding hydrogens is 328 g/mol. The van der Waals surface area contributed by atoms with Gasteiger partial charge in [-0.25, -0.2) is 4.99 Å². The maximum absolute atomic E-state index is 12.6. The minimum Gasteiger partial charge on any atom is -0.379 e. The van der Waals surface area contributed by atoms with E-state index >= 15 is 0 Å². The van der Waals surface area contributed by atoms with Crippen LogP contribution in [0.1, 0.15) is 33.3 Å². The number of anilines is 1. The van der Waals surface area contributed by atoms with E-state index in [2.05, 4.69) is 42.5 Å². The summed E-state index contributed by atoms with van der Waals surface area (Å²) in [6, 6.07) is 8.06. The van der Waals surface area contributed by atoms with Crippen molar-refractivity contribution in [1.29, 1.82) is 0 Å². The molecule has 0 bridgehead atoms. The van der Waals surface area contributed by atoms with Gasteiger partial charge < -0.3 is 20.3 Å². The molecule has 1 amide bonds. The molecule has 0 aliphatic carbocycles. The van der Waals surface area contributed by atoms with Crippen molar-refractivity contribution >= 4 is 17.6 Å². The van der Waals surface area contributed by atoms with Gasteiger partial charge in [0.25, 0.3) is 0 Å². The smallest absolute Gasteiger partial charge is 0.248 e. The van der Waals surface area contributed by atoms with Crippen molar-refractivity contribution in [3.8, 4) is 0 Å². The highest BCUT2D eigenvalue weighted by molar-refractivity contribution is 5.98. The van der Waals surface area contributed by atoms with Gasteiger partial charge in [0, 0.05) is 32.4 Å². The first kappa shape index (κ1) is 20.2. The topological polar surface area (TPSA) is 66.0 Å². The number of ether oxygens (including phenoxy) is 1. The maximum Gasteiger partial charge on any atom is 0.248 e. The molecule has 6 heteroatoms. The fourth-order valence-electron chi connectivity index (χ4n) is 3.10. The van der Waals surface area contributed by atoms with Crippen molar-refractivity contribution in [1.82, 2.24) is 10.6 Å². The number of rotatable bonds is 6. The van der Waals surface area contributed by atoms with E-state index in [1.807, 2.05) is 30.0 Å². The van der Waals surface area contributed by atoms with Crippen LogP contribution in [-0.2, 0) is 16.0 Å². The molecule has 1 heterocycles. The third-order valence-electron chi connectivity index (χ3n) is 4.61. The van der Waals surface area contributed by atoms with Crippen LogP contribution < -0.4 is 15.5 Å². The van der Waals surface area contributed by atoms with Crippen LogP contribution in [0.4, 0.5) is 5.69 Å². The molecule has 0 aromatic heterocycles. The summed E-state index contributed by atoms with van der Waals surface area (Å²) < 4.78 is 5.57. The van der Waals surface area contributed by atoms with E-state index in [9.17, 15) is 4.79 Å². The van der Waals surface area contributed by atoms with E-state index in [0.29, 0.717) is 12.5 Å². The number of para-hydroxylation sites is 1. The summed E-state index contributed by atoms with van der Waals surface area (Å²) >= 11 is 0. The van der Waals surface area contributed by atoms with E-state index in [0.717, 1.165) is 25.2 Å². The van der Waals surface area contributed by atoms with Crippen LogP contribution in [-0.4, -0.2) is 51.3 Å². The fraction of sp³-hybridized carbons (Fsp3) is 0.600. The predicted octanol–water partition coefficient (Wildman–Crippen LogP) is 2.19. The van der Waals surface area contributed by atoms with E-state index in [-0.39, 0.29) is 24.0 Å². The zero-order valence-electron chi connectivity index (χ0n) is 16.6. The number of methoxy groups -OCH3 is 1. The molecule has 144 valence electrons. The second kappa shape index (κ2) is 9.03. The van der Waals surface area contributed by atoms with E-state index in [1.165, 1.54) is 5.56 Å². The lowest BCUT2D eigenvalue weighted by atomic mass is 9.89. The Hall–Kier alpha value is -2.08. The quantitative estimate of drug-likeness (QED) is 0.603. The van der Waals surface area contributed by atoms with Crippen LogP contribution in [0, 0.1) is 5.41 Å². The molecule has 0 fully saturated rings. The van der Waals surface area contributed by atoms with Gasteiger partial charge in [0.15, 0.2) is 5.96 Å². The number of benzene rings is 1. The summed E-state index contributed by atoms with van der Waals surface area (Å²) in [5.74, 6) is 0.658. The first-order chi connectivity index (χ1) is 12.4. The van der Waals surface area contributed by atoms with Gasteiger partial charge in [-0.2, -0.15) is 0 Å². The molecule has 26 heavy (non-hydrogen) atoms. The average molecular weight is 361 g/mol. The highest BCUT2D eigenvalue weighted by atomic mass is 16.5. The Morgan fingerprint density at radius 3 is 2.69 bits per heavy atom. The number of hydrogen-bond donors (Lipinski definition) is 2. The van der Waals surface area contributed by atoms with Gasteiger partial charge in [-0.05, 0) is 30.4 Å². The Balaban J connectivity index is 1.97. The lowest BCUT2D eigenvalue weighted by Crippen LogP contribution is -2.45. The number of amides is 1. The van der Waals surface area contributed by atoms with Crippen molar-refractivity contribution in [2.75, 3.05) is 38.2 Å². The molecule has 1 aliphatic rings. The van der Waals surface area contributed by atoms with Gasteiger partial charge in [-0.1, -0.05) is 39.0 Å². The second-order valence-electron chi connectivity index (χ2n) is 7.59. The normalized spacial score (nSPS) is 15.6. The Kier molecular flexibility index (Phi) is 7.03. The number of hydrogen-bond acceptors (Lipinski definition) is 3. The van der Waals surface area contributed by atoms with Crippen LogP contribution >= 0.6 is 0 Å². The van der Waals surface area contributed by atoms with Crippen molar-refractivity contribution in [2.24, 2.45) is 10.4 Å². The van der Waals surface area contributed by atoms with Crippen molar-refractivity contribution in [2.45, 2.75) is 40.2 Å². The standard InChI is InChI=1S/C20H32N4O2/c1-6-21-19(22-13-17(26-5)20(2,3)4)23-14-18(25)24-12-11-15-9-7-8-10-16(15)24/h7-10,17H,6,11-14H2,1-5H3,(H2,21,22,23). The predicted molar refractivity (Wildman–Crippen MR) is 107 cm³/mol. The first-order valence-electron chi connectivity index (χ1n) is 9.30. The molecule has 0 saturated carbocycles. The highest BCUT2D eigenvalue weighted by Gasteiger charge is 2.25. The van der Waals surface area contributed by atoms with Gasteiger partial charge in [0.2, 0.25) is 5.91 Å². The molecule has 0 radical (unpaired) electrons. The second-order valence-corrected chi connectivity index (χ2v) is 7.59. The van der Waals surface area contributed by atoms with Crippen LogP contribution in [0.15, 0.2) is 29.3 Å². The molecule has 1 atom stereocenters. The van der Waals surface area contributed by atoms with Crippen LogP contribution in [0.25, 0.3) is 0 Å². The molecular formula is C20H32N4O2. The summed E-state index contributed by atoms with van der Waals surface area (Å²) in [5.41, 5.74) is 2.26. The average Bonchev–Trinajstić information content (AvgIpc) is 3.02. The highest BCUT2D eigenvalue weighted by Crippen LogP contribution is 2.27. The van der Waals surface area contributed by atoms with Gasteiger partial charge in [-0.3, -0.25) is 4.79 Å². The van der Waals surface area contributed by atoms with E-state index in [1.54, 1.807) is 7.11 Å². The number of aliphatic imine (C=N–C) groups is 1. The van der Waals surface area contributed by atoms with Crippen molar-refractivity contribution in [3.05, 3.63) is 29.8 Å². The third-order valence-corrected chi connectivity index (χ3v) is 4.61. The van der Waals surface area contributed by atoms with E-state index < -0.39 is 0 Å². The van der Waals surface area contributed by atoms with Gasteiger partial charge in [0.05, 0.1) is 6.10 Å². The molecule has 0 spiro atoms. The molecule has 2 rings (SSSR count). The molecule has 6 nitrogen and oxygen atoms in total. The van der Waals surface area contributed by atoms with Gasteiger partial charge in [0.1, 0.15) is 6.54 Å². The van der Waals surface area contributed by atoms with Gasteiger partial charge >= 0.3 is 0 Å². The minimum atomic E-state index is 0.0197. The largest absolute Gasteiger partial charge is 0.379 e. The summed E-state index contributed by atoms with van der Waals surface area (Å²) in [6.45, 7) is 10.6. The van der Waals surface area contributed by atoms with Crippen LogP contribution in [0.5, 0.6) is 0 Å². The first-order valence-corrected chi connectivity index (χ1v) is 9.30. The lowest BCUT2D eigenvalue weighted by Gasteiger charge is -2.30. The summed E-state index contributed by atoms with van der Waals surface area (Å²) in [4.78, 5) is 18.9. The molecule has 1 aromatic rings. The third kappa shape index (κ3) is 5.21. The molecule has 1 aromatic carbocycles. The molecule has 1 unspecified atom stereocenters. The zero-order chi connectivity index (χ0) is 19.2. The fourth-order valence-corrected chi connectivity index (χ4v) is 3.10. The zero-order valence-corrected chi connectivity index (χ0v) is 16.6. The molecule has 0 saturated heterocycles. The number of nitrogens with one attached hydrogen (secondary N) is 2. The number of carbonyl (C=O) groups is 1. The Morgan fingerprint density at radius 1 is 1.31 bits per heavy atom. The molecule has 2 N–H and O–H groups in total. The summed E-state index contributed by atoms with van der Waals surface area (Å²) in [6.07, 6.45) is 0.956. The Labute approximate surface area is 157 Å². The van der Waals surface area contributed by atoms with Crippen LogP contribution in [0.3, 0.4) is 0 Å². The number of guanidine groups is 1. The monoisotopic (exact) mass is 360 g/mol. The summed E-state index contributed by atoms with van der Waals surface area (Å²) in [5, 5.41) is 6.48. The Morgan fingerprint density at radius 2 is 2.04 bits per heavy atom. The SMILES string of the molecule is CCNC(=NCC(=O)N1CCc2ccccc21)NCC(OC)C(C)(C)C. The molecule has 1 aliphatic heterocycles. The number of fused-ring (bicyclic) bond motifs is 1. The van der Waals surface area contributed by atoms with Crippen molar-refractivity contribution < 1.29 is 9.53 Å². The lowest BCUT2D eigenvalue weighted by molar-refractivity contribution is -0.117. The Bertz CT molecular complexity index is 637.